The molecule has 0 aliphatic rings. The fraction of sp³-hybridized carbons (Fsp3) is 0.308. The van der Waals surface area contributed by atoms with Crippen molar-refractivity contribution in [3.05, 3.63) is 42.1 Å². The minimum absolute atomic E-state index is 0.254. The van der Waals surface area contributed by atoms with E-state index in [-0.39, 0.29) is 6.04 Å². The highest BCUT2D eigenvalue weighted by Crippen LogP contribution is 2.17. The molecule has 78 valence electrons. The van der Waals surface area contributed by atoms with E-state index in [1.807, 2.05) is 19.2 Å². The third-order valence-corrected chi connectivity index (χ3v) is 2.59. The van der Waals surface area contributed by atoms with E-state index < -0.39 is 0 Å². The highest BCUT2D eigenvalue weighted by Gasteiger charge is 2.02. The van der Waals surface area contributed by atoms with Gasteiger partial charge in [-0.1, -0.05) is 24.3 Å². The average molecular weight is 200 g/mol. The topological polar surface area (TPSA) is 38.9 Å². The maximum absolute atomic E-state index is 5.76. The highest BCUT2D eigenvalue weighted by atomic mass is 14.7. The van der Waals surface area contributed by atoms with Gasteiger partial charge in [0.25, 0.3) is 0 Å². The van der Waals surface area contributed by atoms with Gasteiger partial charge in [0.05, 0.1) is 5.52 Å². The van der Waals surface area contributed by atoms with Crippen LogP contribution >= 0.6 is 0 Å². The number of benzene rings is 1. The van der Waals surface area contributed by atoms with Gasteiger partial charge < -0.3 is 5.73 Å². The molecule has 0 radical (unpaired) electrons. The zero-order valence-corrected chi connectivity index (χ0v) is 8.98. The van der Waals surface area contributed by atoms with Crippen LogP contribution in [0.4, 0.5) is 0 Å². The second kappa shape index (κ2) is 4.41. The van der Waals surface area contributed by atoms with Crippen molar-refractivity contribution in [1.82, 2.24) is 4.98 Å². The third-order valence-electron chi connectivity index (χ3n) is 2.59. The van der Waals surface area contributed by atoms with Gasteiger partial charge in [0.1, 0.15) is 0 Å². The zero-order valence-electron chi connectivity index (χ0n) is 8.98. The molecule has 0 saturated carbocycles. The molecule has 0 bridgehead atoms. The SMILES string of the molecule is CC(N)CCc1cccc2cccnc12. The Kier molecular flexibility index (Phi) is 2.97. The fourth-order valence-electron chi connectivity index (χ4n) is 1.75. The Labute approximate surface area is 90.1 Å². The number of aryl methyl sites for hydroxylation is 1. The lowest BCUT2D eigenvalue weighted by molar-refractivity contribution is 0.667. The Morgan fingerprint density at radius 1 is 1.27 bits per heavy atom. The number of fused-ring (bicyclic) bond motifs is 1. The van der Waals surface area contributed by atoms with Crippen molar-refractivity contribution in [2.45, 2.75) is 25.8 Å². The van der Waals surface area contributed by atoms with E-state index in [0.717, 1.165) is 18.4 Å². The second-order valence-corrected chi connectivity index (χ2v) is 4.01. The van der Waals surface area contributed by atoms with Crippen molar-refractivity contribution < 1.29 is 0 Å². The van der Waals surface area contributed by atoms with Crippen LogP contribution in [0.25, 0.3) is 10.9 Å². The number of aromatic nitrogens is 1. The number of nitrogens with zero attached hydrogens (tertiary/aromatic N) is 1. The van der Waals surface area contributed by atoms with Crippen LogP contribution in [-0.4, -0.2) is 11.0 Å². The number of nitrogens with two attached hydrogens (primary N) is 1. The normalized spacial score (nSPS) is 12.9. The minimum atomic E-state index is 0.254. The molecule has 1 aromatic heterocycles. The van der Waals surface area contributed by atoms with Gasteiger partial charge in [-0.25, -0.2) is 0 Å². The molecule has 0 saturated heterocycles. The molecule has 2 N–H and O–H groups in total. The van der Waals surface area contributed by atoms with Gasteiger partial charge >= 0.3 is 0 Å². The first-order valence-corrected chi connectivity index (χ1v) is 5.35. The molecule has 2 nitrogen and oxygen atoms in total. The van der Waals surface area contributed by atoms with Crippen LogP contribution in [0.2, 0.25) is 0 Å². The number of hydrogen-bond donors (Lipinski definition) is 1. The summed E-state index contributed by atoms with van der Waals surface area (Å²) in [6.45, 7) is 2.04. The van der Waals surface area contributed by atoms with Crippen LogP contribution in [0.1, 0.15) is 18.9 Å². The molecule has 0 aliphatic carbocycles. The van der Waals surface area contributed by atoms with Crippen LogP contribution in [-0.2, 0) is 6.42 Å². The van der Waals surface area contributed by atoms with Crippen LogP contribution < -0.4 is 5.73 Å². The average Bonchev–Trinajstić information content (AvgIpc) is 2.26. The maximum Gasteiger partial charge on any atom is 0.0733 e. The van der Waals surface area contributed by atoms with Crippen molar-refractivity contribution in [1.29, 1.82) is 0 Å². The summed E-state index contributed by atoms with van der Waals surface area (Å²) in [7, 11) is 0. The predicted molar refractivity (Wildman–Crippen MR) is 63.7 cm³/mol. The molecule has 1 heterocycles. The van der Waals surface area contributed by atoms with Crippen molar-refractivity contribution in [2.24, 2.45) is 5.73 Å². The summed E-state index contributed by atoms with van der Waals surface area (Å²) < 4.78 is 0. The Bertz CT molecular complexity index is 444. The lowest BCUT2D eigenvalue weighted by atomic mass is 10.0. The first-order valence-electron chi connectivity index (χ1n) is 5.35. The summed E-state index contributed by atoms with van der Waals surface area (Å²) in [5.41, 5.74) is 8.17. The summed E-state index contributed by atoms with van der Waals surface area (Å²) in [5.74, 6) is 0. The summed E-state index contributed by atoms with van der Waals surface area (Å²) in [5, 5.41) is 1.21. The van der Waals surface area contributed by atoms with Crippen LogP contribution in [0.5, 0.6) is 0 Å². The molecule has 0 aliphatic heterocycles. The van der Waals surface area contributed by atoms with Crippen molar-refractivity contribution in [2.75, 3.05) is 0 Å². The van der Waals surface area contributed by atoms with E-state index in [0.29, 0.717) is 0 Å². The Hall–Kier alpha value is -1.41. The van der Waals surface area contributed by atoms with Gasteiger partial charge in [-0.3, -0.25) is 4.98 Å². The maximum atomic E-state index is 5.76. The largest absolute Gasteiger partial charge is 0.328 e. The molecule has 2 aromatic rings. The van der Waals surface area contributed by atoms with Crippen molar-refractivity contribution in [3.63, 3.8) is 0 Å². The molecule has 2 heteroatoms. The molecule has 15 heavy (non-hydrogen) atoms. The summed E-state index contributed by atoms with van der Waals surface area (Å²) >= 11 is 0. The summed E-state index contributed by atoms with van der Waals surface area (Å²) in [6.07, 6.45) is 3.86. The Balaban J connectivity index is 2.34. The zero-order chi connectivity index (χ0) is 10.7. The third kappa shape index (κ3) is 2.34. The summed E-state index contributed by atoms with van der Waals surface area (Å²) in [6, 6.07) is 10.6. The van der Waals surface area contributed by atoms with Gasteiger partial charge in [-0.05, 0) is 31.4 Å². The molecular weight excluding hydrogens is 184 g/mol. The van der Waals surface area contributed by atoms with Crippen molar-refractivity contribution in [3.8, 4) is 0 Å². The molecule has 0 spiro atoms. The smallest absolute Gasteiger partial charge is 0.0733 e. The van der Waals surface area contributed by atoms with Gasteiger partial charge in [-0.2, -0.15) is 0 Å². The molecule has 1 unspecified atom stereocenters. The fourth-order valence-corrected chi connectivity index (χ4v) is 1.75. The van der Waals surface area contributed by atoms with E-state index in [1.54, 1.807) is 0 Å². The summed E-state index contributed by atoms with van der Waals surface area (Å²) in [4.78, 5) is 4.42. The Morgan fingerprint density at radius 3 is 2.87 bits per heavy atom. The molecular formula is C13H16N2. The number of pyridine rings is 1. The number of rotatable bonds is 3. The number of para-hydroxylation sites is 1. The lowest BCUT2D eigenvalue weighted by Crippen LogP contribution is -2.15. The monoisotopic (exact) mass is 200 g/mol. The van der Waals surface area contributed by atoms with E-state index >= 15 is 0 Å². The quantitative estimate of drug-likeness (QED) is 0.826. The predicted octanol–water partition coefficient (Wildman–Crippen LogP) is 2.51. The van der Waals surface area contributed by atoms with Gasteiger partial charge in [0, 0.05) is 17.6 Å². The molecule has 2 rings (SSSR count). The first kappa shape index (κ1) is 10.1. The van der Waals surface area contributed by atoms with Gasteiger partial charge in [0.15, 0.2) is 0 Å². The molecule has 0 amide bonds. The van der Waals surface area contributed by atoms with Crippen LogP contribution in [0.3, 0.4) is 0 Å². The molecule has 0 fully saturated rings. The number of hydrogen-bond acceptors (Lipinski definition) is 2. The standard InChI is InChI=1S/C13H16N2/c1-10(14)7-8-12-5-2-4-11-6-3-9-15-13(11)12/h2-6,9-10H,7-8,14H2,1H3. The highest BCUT2D eigenvalue weighted by molar-refractivity contribution is 5.81. The van der Waals surface area contributed by atoms with E-state index in [1.165, 1.54) is 10.9 Å². The van der Waals surface area contributed by atoms with Gasteiger partial charge in [0.2, 0.25) is 0 Å². The van der Waals surface area contributed by atoms with Crippen LogP contribution in [0.15, 0.2) is 36.5 Å². The van der Waals surface area contributed by atoms with E-state index in [2.05, 4.69) is 29.2 Å². The molecule has 1 atom stereocenters. The van der Waals surface area contributed by atoms with Crippen molar-refractivity contribution >= 4 is 10.9 Å². The minimum Gasteiger partial charge on any atom is -0.328 e. The molecule has 1 aromatic carbocycles. The van der Waals surface area contributed by atoms with E-state index in [4.69, 9.17) is 5.73 Å². The van der Waals surface area contributed by atoms with Crippen LogP contribution in [0, 0.1) is 0 Å². The van der Waals surface area contributed by atoms with Gasteiger partial charge in [-0.15, -0.1) is 0 Å². The Morgan fingerprint density at radius 2 is 2.07 bits per heavy atom. The van der Waals surface area contributed by atoms with E-state index in [9.17, 15) is 0 Å². The second-order valence-electron chi connectivity index (χ2n) is 4.01. The lowest BCUT2D eigenvalue weighted by Gasteiger charge is -2.07. The first-order chi connectivity index (χ1) is 7.27.